The first-order valence-electron chi connectivity index (χ1n) is 8.93. The summed E-state index contributed by atoms with van der Waals surface area (Å²) in [7, 11) is 0. The first-order chi connectivity index (χ1) is 12.7. The van der Waals surface area contributed by atoms with E-state index in [-0.39, 0.29) is 31.6 Å². The molecule has 0 unspecified atom stereocenters. The predicted octanol–water partition coefficient (Wildman–Crippen LogP) is 5.97. The van der Waals surface area contributed by atoms with Crippen molar-refractivity contribution < 1.29 is 30.0 Å². The molecule has 0 saturated carbocycles. The molecule has 0 aliphatic heterocycles. The minimum absolute atomic E-state index is 0. The molecule has 0 aliphatic rings. The summed E-state index contributed by atoms with van der Waals surface area (Å²) in [6, 6.07) is 14.2. The number of aliphatic hydroxyl groups is 1. The van der Waals surface area contributed by atoms with Crippen LogP contribution in [0.5, 0.6) is 0 Å². The molecule has 28 heavy (non-hydrogen) atoms. The van der Waals surface area contributed by atoms with Crippen molar-refractivity contribution in [3.05, 3.63) is 76.7 Å². The fourth-order valence-corrected chi connectivity index (χ4v) is 2.96. The molecule has 4 heteroatoms. The zero-order chi connectivity index (χ0) is 20.1. The van der Waals surface area contributed by atoms with Gasteiger partial charge in [-0.05, 0) is 42.8 Å². The number of aromatic nitrogens is 1. The molecule has 0 amide bonds. The van der Waals surface area contributed by atoms with Crippen molar-refractivity contribution in [1.29, 1.82) is 0 Å². The number of pyridine rings is 1. The van der Waals surface area contributed by atoms with E-state index in [1.165, 1.54) is 52.9 Å². The van der Waals surface area contributed by atoms with Crippen LogP contribution in [0, 0.1) is 33.8 Å². The number of hydrogen-bond acceptors (Lipinski definition) is 3. The van der Waals surface area contributed by atoms with Crippen molar-refractivity contribution in [3.8, 4) is 11.3 Å². The minimum atomic E-state index is -0.125. The van der Waals surface area contributed by atoms with E-state index >= 15 is 0 Å². The molecule has 0 spiro atoms. The number of ketones is 1. The van der Waals surface area contributed by atoms with Gasteiger partial charge < -0.3 is 10.1 Å². The van der Waals surface area contributed by atoms with Crippen molar-refractivity contribution >= 4 is 16.6 Å². The van der Waals surface area contributed by atoms with Gasteiger partial charge >= 0.3 is 0 Å². The van der Waals surface area contributed by atoms with E-state index in [0.717, 1.165) is 11.3 Å². The number of fused-ring (bicyclic) bond motifs is 1. The first kappa shape index (κ1) is 23.7. The largest absolute Gasteiger partial charge is 0.512 e. The Morgan fingerprint density at radius 3 is 2.14 bits per heavy atom. The molecule has 0 saturated heterocycles. The summed E-state index contributed by atoms with van der Waals surface area (Å²) in [6.45, 7) is 11.3. The summed E-state index contributed by atoms with van der Waals surface area (Å²) >= 11 is 0. The minimum Gasteiger partial charge on any atom is -0.512 e. The first-order valence-corrected chi connectivity index (χ1v) is 8.93. The maximum absolute atomic E-state index is 10.0. The number of aliphatic hydroxyl groups excluding tert-OH is 1. The van der Waals surface area contributed by atoms with Gasteiger partial charge in [-0.1, -0.05) is 45.0 Å². The van der Waals surface area contributed by atoms with Crippen LogP contribution < -0.4 is 0 Å². The topological polar surface area (TPSA) is 50.2 Å². The fraction of sp³-hybridized carbons (Fsp3) is 0.250. The molecule has 0 aliphatic carbocycles. The van der Waals surface area contributed by atoms with Gasteiger partial charge in [0.05, 0.1) is 5.76 Å². The van der Waals surface area contributed by atoms with Crippen molar-refractivity contribution in [2.45, 2.75) is 41.5 Å². The van der Waals surface area contributed by atoms with E-state index in [4.69, 9.17) is 5.11 Å². The van der Waals surface area contributed by atoms with Gasteiger partial charge in [-0.2, -0.15) is 0 Å². The van der Waals surface area contributed by atoms with Gasteiger partial charge in [-0.3, -0.25) is 4.79 Å². The zero-order valence-electron chi connectivity index (χ0n) is 17.2. The smallest absolute Gasteiger partial charge is 0.155 e. The second kappa shape index (κ2) is 10.3. The van der Waals surface area contributed by atoms with Crippen molar-refractivity contribution in [3.63, 3.8) is 0 Å². The van der Waals surface area contributed by atoms with Crippen LogP contribution in [0.4, 0.5) is 0 Å². The van der Waals surface area contributed by atoms with Crippen LogP contribution in [-0.4, -0.2) is 15.9 Å². The molecule has 0 fully saturated rings. The molecule has 1 aromatic heterocycles. The molecule has 1 N–H and O–H groups in total. The molecule has 149 valence electrons. The maximum atomic E-state index is 10.0. The molecule has 1 radical (unpaired) electrons. The zero-order valence-corrected chi connectivity index (χ0v) is 19.6. The van der Waals surface area contributed by atoms with E-state index in [1.54, 1.807) is 0 Å². The van der Waals surface area contributed by atoms with Crippen molar-refractivity contribution in [1.82, 2.24) is 4.98 Å². The monoisotopic (exact) mass is 553 g/mol. The van der Waals surface area contributed by atoms with Gasteiger partial charge in [-0.25, -0.2) is 0 Å². The predicted molar refractivity (Wildman–Crippen MR) is 112 cm³/mol. The molecule has 0 atom stereocenters. The number of benzene rings is 2. The van der Waals surface area contributed by atoms with Crippen LogP contribution in [0.25, 0.3) is 22.0 Å². The molecule has 3 aromatic rings. The van der Waals surface area contributed by atoms with E-state index in [2.05, 4.69) is 69.1 Å². The van der Waals surface area contributed by atoms with E-state index in [9.17, 15) is 4.79 Å². The van der Waals surface area contributed by atoms with Crippen LogP contribution in [0.1, 0.15) is 36.1 Å². The third-order valence-corrected chi connectivity index (χ3v) is 4.37. The number of hydrogen-bond donors (Lipinski definition) is 1. The molecular weight excluding hydrogens is 526 g/mol. The van der Waals surface area contributed by atoms with Gasteiger partial charge in [0.2, 0.25) is 0 Å². The van der Waals surface area contributed by atoms with Gasteiger partial charge in [0.15, 0.2) is 5.78 Å². The van der Waals surface area contributed by atoms with Crippen LogP contribution in [0.2, 0.25) is 0 Å². The van der Waals surface area contributed by atoms with Gasteiger partial charge in [0, 0.05) is 32.4 Å². The van der Waals surface area contributed by atoms with E-state index < -0.39 is 0 Å². The number of carbonyl (C=O) groups excluding carboxylic acids is 1. The van der Waals surface area contributed by atoms with E-state index in [1.807, 2.05) is 6.20 Å². The molecule has 2 aromatic carbocycles. The number of aryl methyl sites for hydroxylation is 4. The SMILES string of the molecule is CC(=O)/C=C(/C)O.Cc1[c-]c(-c2ncc(C)c3ccccc23)c(C)cc1C.[Ir]. The molecule has 3 rings (SSSR count). The number of rotatable bonds is 2. The van der Waals surface area contributed by atoms with Crippen LogP contribution in [0.3, 0.4) is 0 Å². The summed E-state index contributed by atoms with van der Waals surface area (Å²) in [5, 5.41) is 10.8. The Bertz CT molecular complexity index is 1020. The van der Waals surface area contributed by atoms with Crippen LogP contribution in [0.15, 0.2) is 48.4 Å². The normalized spacial score (nSPS) is 10.7. The molecule has 1 heterocycles. The number of allylic oxidation sites excluding steroid dienone is 2. The summed E-state index contributed by atoms with van der Waals surface area (Å²) in [4.78, 5) is 14.7. The Hall–Kier alpha value is -2.29. The van der Waals surface area contributed by atoms with Crippen LogP contribution in [-0.2, 0) is 24.9 Å². The third-order valence-electron chi connectivity index (χ3n) is 4.37. The van der Waals surface area contributed by atoms with Gasteiger partial charge in [-0.15, -0.1) is 34.4 Å². The standard InChI is InChI=1S/C19H18N.C5H8O2.Ir/c1-12-9-14(3)18(10-13(12)2)19-17-8-6-5-7-16(17)15(4)11-20-19;1-4(6)3-5(2)7;/h5-9,11H,1-4H3;3,6H,1-2H3;/q-1;;/b;4-3-;. The Kier molecular flexibility index (Phi) is 8.74. The summed E-state index contributed by atoms with van der Waals surface area (Å²) in [5.74, 6) is -0.0625. The molecule has 0 bridgehead atoms. The summed E-state index contributed by atoms with van der Waals surface area (Å²) in [5.41, 5.74) is 7.07. The maximum Gasteiger partial charge on any atom is 0.155 e. The van der Waals surface area contributed by atoms with E-state index in [0.29, 0.717) is 0 Å². The number of carbonyl (C=O) groups is 1. The van der Waals surface area contributed by atoms with Gasteiger partial charge in [0.25, 0.3) is 0 Å². The quantitative estimate of drug-likeness (QED) is 0.242. The second-order valence-electron chi connectivity index (χ2n) is 6.87. The average Bonchev–Trinajstić information content (AvgIpc) is 2.58. The number of nitrogens with zero attached hydrogens (tertiary/aromatic N) is 1. The second-order valence-corrected chi connectivity index (χ2v) is 6.87. The Balaban J connectivity index is 0.000000425. The Labute approximate surface area is 180 Å². The summed E-state index contributed by atoms with van der Waals surface area (Å²) in [6.07, 6.45) is 3.13. The molecule has 3 nitrogen and oxygen atoms in total. The third kappa shape index (κ3) is 5.85. The van der Waals surface area contributed by atoms with Crippen molar-refractivity contribution in [2.75, 3.05) is 0 Å². The molecular formula is C24H26IrNO2-. The Morgan fingerprint density at radius 1 is 1.00 bits per heavy atom. The van der Waals surface area contributed by atoms with Crippen LogP contribution >= 0.6 is 0 Å². The van der Waals surface area contributed by atoms with Crippen molar-refractivity contribution in [2.24, 2.45) is 0 Å². The average molecular weight is 553 g/mol. The summed E-state index contributed by atoms with van der Waals surface area (Å²) < 4.78 is 0. The van der Waals surface area contributed by atoms with Gasteiger partial charge in [0.1, 0.15) is 0 Å². The Morgan fingerprint density at radius 2 is 1.61 bits per heavy atom. The fourth-order valence-electron chi connectivity index (χ4n) is 2.96.